The van der Waals surface area contributed by atoms with Crippen molar-refractivity contribution in [1.82, 2.24) is 25.3 Å². The molecule has 75 heavy (non-hydrogen) atoms. The summed E-state index contributed by atoms with van der Waals surface area (Å²) >= 11 is 0. The number of hydrogen-bond acceptors (Lipinski definition) is 11. The van der Waals surface area contributed by atoms with Crippen molar-refractivity contribution >= 4 is 54.8 Å². The standard InChI is InChI=1S/C23H21F6N3O5S.C22H18F6N4O4S/c24-22(25,26)17-3-1-2-4-18(17)32(21(35)31-9-11-38(36,37)12-10-31)14-15-5-7-16(8-6-15)19(33)13-30-20(34)23(27,28)29;23-21(24,25)16-3-1-2-4-17(16)32(20(33)31-9-11-37(34,35)12-10-31)13-14-5-7-15(8-6-14)18-29-30-19(36-18)22(26,27)28/h1-8H,9-14H2,(H,30,34);1-8H,9-13H2. The van der Waals surface area contributed by atoms with Crippen molar-refractivity contribution in [3.8, 4) is 11.5 Å². The molecule has 0 atom stereocenters. The van der Waals surface area contributed by atoms with Gasteiger partial charge in [0.1, 0.15) is 0 Å². The monoisotopic (exact) mass is 1110 g/mol. The maximum atomic E-state index is 13.7. The van der Waals surface area contributed by atoms with Gasteiger partial charge in [-0.25, -0.2) is 26.4 Å². The van der Waals surface area contributed by atoms with Crippen LogP contribution in [0.4, 0.5) is 73.6 Å². The highest BCUT2D eigenvalue weighted by Crippen LogP contribution is 2.39. The van der Waals surface area contributed by atoms with Crippen LogP contribution in [0.15, 0.2) is 101 Å². The second kappa shape index (κ2) is 22.3. The molecule has 1 aromatic heterocycles. The number of urea groups is 2. The number of Topliss-reactive ketones (excluding diaryl/α,β-unsaturated/α-hetero) is 1. The fourth-order valence-electron chi connectivity index (χ4n) is 7.29. The number of rotatable bonds is 10. The van der Waals surface area contributed by atoms with Crippen LogP contribution in [0.25, 0.3) is 11.5 Å². The number of benzene rings is 4. The summed E-state index contributed by atoms with van der Waals surface area (Å²) in [5, 5.41) is 7.74. The molecule has 30 heteroatoms. The van der Waals surface area contributed by atoms with Crippen LogP contribution in [0, 0.1) is 0 Å². The Balaban J connectivity index is 0.000000244. The summed E-state index contributed by atoms with van der Waals surface area (Å²) < 4.78 is 209. The van der Waals surface area contributed by atoms with Gasteiger partial charge in [-0.2, -0.15) is 52.7 Å². The molecule has 5 amide bonds. The van der Waals surface area contributed by atoms with Crippen molar-refractivity contribution in [2.45, 2.75) is 37.8 Å². The van der Waals surface area contributed by atoms with Gasteiger partial charge in [-0.05, 0) is 47.5 Å². The lowest BCUT2D eigenvalue weighted by Gasteiger charge is -2.34. The van der Waals surface area contributed by atoms with Gasteiger partial charge in [-0.3, -0.25) is 19.4 Å². The molecule has 0 unspecified atom stereocenters. The van der Waals surface area contributed by atoms with Crippen LogP contribution in [0.3, 0.4) is 0 Å². The molecule has 2 fully saturated rings. The third kappa shape index (κ3) is 15.0. The number of ketones is 1. The molecule has 404 valence electrons. The summed E-state index contributed by atoms with van der Waals surface area (Å²) in [5.41, 5.74) is -2.38. The number of hydrogen-bond donors (Lipinski definition) is 1. The molecule has 0 spiro atoms. The van der Waals surface area contributed by atoms with Crippen molar-refractivity contribution in [2.75, 3.05) is 65.5 Å². The molecule has 0 radical (unpaired) electrons. The smallest absolute Gasteiger partial charge is 0.413 e. The number of para-hydroxylation sites is 2. The van der Waals surface area contributed by atoms with Gasteiger partial charge in [0.15, 0.2) is 25.5 Å². The Morgan fingerprint density at radius 2 is 0.947 bits per heavy atom. The number of amides is 5. The first-order valence-corrected chi connectivity index (χ1v) is 25.3. The Kier molecular flexibility index (Phi) is 17.0. The van der Waals surface area contributed by atoms with E-state index in [1.54, 1.807) is 0 Å². The summed E-state index contributed by atoms with van der Waals surface area (Å²) in [7, 11) is -6.73. The number of alkyl halides is 12. The van der Waals surface area contributed by atoms with Crippen molar-refractivity contribution in [3.63, 3.8) is 0 Å². The summed E-state index contributed by atoms with van der Waals surface area (Å²) in [4.78, 5) is 53.7. The fourth-order valence-corrected chi connectivity index (χ4v) is 9.69. The van der Waals surface area contributed by atoms with E-state index in [1.807, 2.05) is 0 Å². The van der Waals surface area contributed by atoms with Crippen molar-refractivity contribution in [3.05, 3.63) is 131 Å². The topological polar surface area (TPSA) is 200 Å². The van der Waals surface area contributed by atoms with E-state index in [0.717, 1.165) is 45.0 Å². The Morgan fingerprint density at radius 3 is 1.32 bits per heavy atom. The molecule has 0 saturated carbocycles. The van der Waals surface area contributed by atoms with Crippen LogP contribution in [0.5, 0.6) is 0 Å². The van der Waals surface area contributed by atoms with Gasteiger partial charge >= 0.3 is 48.6 Å². The SMILES string of the molecule is O=C(CNC(=O)C(F)(F)F)c1ccc(CN(C(=O)N2CCS(=O)(=O)CC2)c2ccccc2C(F)(F)F)cc1.O=C(N1CCS(=O)(=O)CC1)N(Cc1ccc(-c2nnc(C(F)(F)F)o2)cc1)c1ccccc1C(F)(F)F. The Labute approximate surface area is 417 Å². The Morgan fingerprint density at radius 1 is 0.547 bits per heavy atom. The average molecular weight is 1110 g/mol. The number of nitrogens with one attached hydrogen (secondary N) is 1. The van der Waals surface area contributed by atoms with Gasteiger partial charge < -0.3 is 19.5 Å². The quantitative estimate of drug-likeness (QED) is 0.105. The zero-order valence-corrected chi connectivity index (χ0v) is 39.9. The number of aromatic nitrogens is 2. The maximum absolute atomic E-state index is 13.7. The molecule has 4 aromatic carbocycles. The van der Waals surface area contributed by atoms with Crippen LogP contribution in [-0.2, 0) is 56.1 Å². The fraction of sp³-hybridized carbons (Fsp3) is 0.333. The minimum atomic E-state index is -5.16. The zero-order valence-electron chi connectivity index (χ0n) is 38.2. The minimum absolute atomic E-state index is 0.0778. The number of anilines is 2. The highest BCUT2D eigenvalue weighted by molar-refractivity contribution is 7.91. The molecule has 5 aromatic rings. The molecule has 0 bridgehead atoms. The number of sulfone groups is 2. The molecule has 7 rings (SSSR count). The Hall–Kier alpha value is -7.24. The molecule has 2 aliphatic rings. The Bertz CT molecular complexity index is 3090. The van der Waals surface area contributed by atoms with Gasteiger partial charge in [-0.15, -0.1) is 10.2 Å². The lowest BCUT2D eigenvalue weighted by atomic mass is 10.1. The summed E-state index contributed by atoms with van der Waals surface area (Å²) in [6, 6.07) is 17.6. The maximum Gasteiger partial charge on any atom is 0.471 e. The summed E-state index contributed by atoms with van der Waals surface area (Å²) in [6.45, 7) is -2.43. The zero-order chi connectivity index (χ0) is 55.3. The molecule has 2 saturated heterocycles. The van der Waals surface area contributed by atoms with Crippen LogP contribution in [-0.4, -0.2) is 122 Å². The van der Waals surface area contributed by atoms with Crippen LogP contribution < -0.4 is 15.1 Å². The first kappa shape index (κ1) is 57.0. The number of carbonyl (C=O) groups excluding carboxylic acids is 4. The predicted molar refractivity (Wildman–Crippen MR) is 241 cm³/mol. The molecule has 0 aliphatic carbocycles. The van der Waals surface area contributed by atoms with E-state index in [0.29, 0.717) is 5.56 Å². The highest BCUT2D eigenvalue weighted by Gasteiger charge is 2.41. The second-order valence-corrected chi connectivity index (χ2v) is 21.1. The molecule has 3 heterocycles. The third-order valence-electron chi connectivity index (χ3n) is 11.2. The molecule has 1 N–H and O–H groups in total. The van der Waals surface area contributed by atoms with Crippen LogP contribution in [0.1, 0.15) is 38.5 Å². The minimum Gasteiger partial charge on any atom is -0.413 e. The van der Waals surface area contributed by atoms with Crippen LogP contribution >= 0.6 is 0 Å². The first-order valence-electron chi connectivity index (χ1n) is 21.7. The summed E-state index contributed by atoms with van der Waals surface area (Å²) in [6.07, 6.45) is -19.6. The van der Waals surface area contributed by atoms with E-state index >= 15 is 0 Å². The summed E-state index contributed by atoms with van der Waals surface area (Å²) in [5.74, 6) is -6.38. The second-order valence-electron chi connectivity index (χ2n) is 16.5. The molecular weight excluding hydrogens is 1070 g/mol. The predicted octanol–water partition coefficient (Wildman–Crippen LogP) is 8.05. The van der Waals surface area contributed by atoms with E-state index in [4.69, 9.17) is 0 Å². The van der Waals surface area contributed by atoms with E-state index in [9.17, 15) is 88.7 Å². The first-order chi connectivity index (χ1) is 34.8. The van der Waals surface area contributed by atoms with E-state index in [-0.39, 0.29) is 72.4 Å². The number of halogens is 12. The van der Waals surface area contributed by atoms with Gasteiger partial charge in [0.25, 0.3) is 0 Å². The molecule has 2 aliphatic heterocycles. The molecular formula is C45H39F12N7O9S2. The van der Waals surface area contributed by atoms with Gasteiger partial charge in [0.2, 0.25) is 5.89 Å². The van der Waals surface area contributed by atoms with Crippen LogP contribution in [0.2, 0.25) is 0 Å². The lowest BCUT2D eigenvalue weighted by molar-refractivity contribution is -0.173. The third-order valence-corrected chi connectivity index (χ3v) is 14.4. The highest BCUT2D eigenvalue weighted by atomic mass is 32.2. The van der Waals surface area contributed by atoms with E-state index < -0.39 is 116 Å². The van der Waals surface area contributed by atoms with Crippen molar-refractivity contribution in [1.29, 1.82) is 0 Å². The number of nitrogens with zero attached hydrogens (tertiary/aromatic N) is 6. The lowest BCUT2D eigenvalue weighted by Crippen LogP contribution is -2.50. The number of carbonyl (C=O) groups is 4. The van der Waals surface area contributed by atoms with Gasteiger partial charge in [-0.1, -0.05) is 60.7 Å². The normalized spacial score (nSPS) is 15.8. The van der Waals surface area contributed by atoms with E-state index in [1.165, 1.54) is 76.9 Å². The largest absolute Gasteiger partial charge is 0.471 e. The van der Waals surface area contributed by atoms with Crippen molar-refractivity contribution in [2.24, 2.45) is 0 Å². The average Bonchev–Trinajstić information content (AvgIpc) is 3.85. The molecule has 16 nitrogen and oxygen atoms in total. The van der Waals surface area contributed by atoms with Gasteiger partial charge in [0, 0.05) is 37.3 Å². The van der Waals surface area contributed by atoms with Crippen molar-refractivity contribution < 1.29 is 93.1 Å². The van der Waals surface area contributed by atoms with Gasteiger partial charge in [0.05, 0.1) is 65.1 Å². The van der Waals surface area contributed by atoms with E-state index in [2.05, 4.69) is 14.6 Å².